The van der Waals surface area contributed by atoms with Crippen molar-refractivity contribution in [3.05, 3.63) is 89.5 Å². The second-order valence-electron chi connectivity index (χ2n) is 12.6. The molecule has 4 amide bonds. The van der Waals surface area contributed by atoms with E-state index in [9.17, 15) is 24.3 Å². The molecule has 6 atom stereocenters. The van der Waals surface area contributed by atoms with Gasteiger partial charge in [0.2, 0.25) is 17.7 Å². The molecule has 11 heteroatoms. The van der Waals surface area contributed by atoms with Crippen molar-refractivity contribution in [1.82, 2.24) is 9.88 Å². The first kappa shape index (κ1) is 29.0. The number of allylic oxidation sites excluding steroid dienone is 2. The molecule has 3 heterocycles. The van der Waals surface area contributed by atoms with Gasteiger partial charge in [0.05, 0.1) is 17.5 Å². The van der Waals surface area contributed by atoms with Crippen LogP contribution in [0.5, 0.6) is 5.75 Å². The molecule has 8 rings (SSSR count). The predicted octanol–water partition coefficient (Wildman–Crippen LogP) is 5.70. The van der Waals surface area contributed by atoms with Gasteiger partial charge in [-0.25, -0.2) is 4.98 Å². The molecule has 0 bridgehead atoms. The summed E-state index contributed by atoms with van der Waals surface area (Å²) in [6.45, 7) is 1.72. The normalized spacial score (nSPS) is 30.5. The van der Waals surface area contributed by atoms with Crippen molar-refractivity contribution in [2.45, 2.75) is 35.4 Å². The number of fused-ring (bicyclic) bond motifs is 5. The van der Waals surface area contributed by atoms with Gasteiger partial charge in [0.25, 0.3) is 11.8 Å². The lowest BCUT2D eigenvalue weighted by Crippen LogP contribution is -2.60. The molecule has 2 aliphatic carbocycles. The average Bonchev–Trinajstić information content (AvgIpc) is 3.64. The third-order valence-corrected chi connectivity index (χ3v) is 11.7. The van der Waals surface area contributed by atoms with Crippen LogP contribution in [-0.4, -0.2) is 55.4 Å². The molecule has 4 aromatic rings. The SMILES string of the molecule is Cc1cccc(C2C3=CCC4C(=O)N(c5ccc(-c6nc7ccccc7o6)cc5)C(=O)C4C3CC3(Cl)C(=O)N(C)C(=O)C23Cl)c1O. The van der Waals surface area contributed by atoms with Crippen LogP contribution in [0.3, 0.4) is 0 Å². The van der Waals surface area contributed by atoms with Crippen LogP contribution >= 0.6 is 23.2 Å². The van der Waals surface area contributed by atoms with Gasteiger partial charge in [0.1, 0.15) is 11.3 Å². The molecule has 2 aliphatic heterocycles. The second-order valence-corrected chi connectivity index (χ2v) is 13.8. The fraction of sp³-hybridized carbons (Fsp3) is 0.286. The van der Waals surface area contributed by atoms with E-state index >= 15 is 0 Å². The highest BCUT2D eigenvalue weighted by Gasteiger charge is 2.76. The smallest absolute Gasteiger partial charge is 0.253 e. The Hall–Kier alpha value is -4.47. The second kappa shape index (κ2) is 9.77. The predicted molar refractivity (Wildman–Crippen MR) is 170 cm³/mol. The number of rotatable bonds is 3. The summed E-state index contributed by atoms with van der Waals surface area (Å²) in [5.74, 6) is -5.00. The maximum absolute atomic E-state index is 14.3. The summed E-state index contributed by atoms with van der Waals surface area (Å²) >= 11 is 14.4. The van der Waals surface area contributed by atoms with E-state index in [0.29, 0.717) is 39.4 Å². The number of carbonyl (C=O) groups is 4. The topological polar surface area (TPSA) is 121 Å². The van der Waals surface area contributed by atoms with Gasteiger partial charge < -0.3 is 9.52 Å². The summed E-state index contributed by atoms with van der Waals surface area (Å²) in [6, 6.07) is 19.4. The first-order valence-electron chi connectivity index (χ1n) is 15.0. The van der Waals surface area contributed by atoms with Gasteiger partial charge >= 0.3 is 0 Å². The van der Waals surface area contributed by atoms with Crippen molar-refractivity contribution in [3.63, 3.8) is 0 Å². The lowest BCUT2D eigenvalue weighted by atomic mass is 9.56. The van der Waals surface area contributed by atoms with Crippen molar-refractivity contribution in [3.8, 4) is 17.2 Å². The Morgan fingerprint density at radius 1 is 0.913 bits per heavy atom. The minimum absolute atomic E-state index is 0.0699. The molecule has 0 spiro atoms. The summed E-state index contributed by atoms with van der Waals surface area (Å²) in [4.78, 5) is 58.4. The average molecular weight is 657 g/mol. The number of imide groups is 2. The molecule has 3 aromatic carbocycles. The van der Waals surface area contributed by atoms with Crippen LogP contribution in [0.2, 0.25) is 0 Å². The van der Waals surface area contributed by atoms with E-state index in [-0.39, 0.29) is 24.5 Å². The Bertz CT molecular complexity index is 2020. The van der Waals surface area contributed by atoms with Gasteiger partial charge in [0.15, 0.2) is 15.3 Å². The monoisotopic (exact) mass is 655 g/mol. The molecule has 46 heavy (non-hydrogen) atoms. The molecule has 4 aliphatic rings. The minimum Gasteiger partial charge on any atom is -0.507 e. The number of aryl methyl sites for hydroxylation is 1. The fourth-order valence-electron chi connectivity index (χ4n) is 8.01. The van der Waals surface area contributed by atoms with E-state index in [1.165, 1.54) is 11.9 Å². The molecular formula is C35H27Cl2N3O6. The molecular weight excluding hydrogens is 629 g/mol. The highest BCUT2D eigenvalue weighted by molar-refractivity contribution is 6.53. The number of phenols is 1. The van der Waals surface area contributed by atoms with E-state index in [4.69, 9.17) is 27.6 Å². The zero-order valence-electron chi connectivity index (χ0n) is 24.7. The van der Waals surface area contributed by atoms with Gasteiger partial charge in [0, 0.05) is 24.1 Å². The zero-order valence-corrected chi connectivity index (χ0v) is 26.2. The van der Waals surface area contributed by atoms with Crippen LogP contribution in [0.4, 0.5) is 5.69 Å². The van der Waals surface area contributed by atoms with Crippen LogP contribution in [0.15, 0.2) is 82.8 Å². The number of nitrogens with zero attached hydrogens (tertiary/aromatic N) is 3. The quantitative estimate of drug-likeness (QED) is 0.171. The molecule has 2 saturated heterocycles. The number of aromatic hydroxyl groups is 1. The van der Waals surface area contributed by atoms with E-state index in [0.717, 1.165) is 10.4 Å². The van der Waals surface area contributed by atoms with Gasteiger partial charge in [-0.2, -0.15) is 0 Å². The fourth-order valence-corrected chi connectivity index (χ4v) is 9.02. The zero-order chi connectivity index (χ0) is 32.3. The lowest BCUT2D eigenvalue weighted by Gasteiger charge is -2.50. The number of halogens is 2. The number of carbonyl (C=O) groups excluding carboxylic acids is 4. The maximum Gasteiger partial charge on any atom is 0.253 e. The number of oxazole rings is 1. The molecule has 0 radical (unpaired) electrons. The summed E-state index contributed by atoms with van der Waals surface area (Å²) < 4.78 is 5.87. The van der Waals surface area contributed by atoms with Crippen LogP contribution in [0.25, 0.3) is 22.6 Å². The number of hydrogen-bond acceptors (Lipinski definition) is 7. The number of alkyl halides is 2. The van der Waals surface area contributed by atoms with E-state index < -0.39 is 51.1 Å². The number of benzene rings is 3. The van der Waals surface area contributed by atoms with Crippen molar-refractivity contribution < 1.29 is 28.7 Å². The summed E-state index contributed by atoms with van der Waals surface area (Å²) in [5, 5.41) is 11.2. The van der Waals surface area contributed by atoms with Crippen molar-refractivity contribution >= 4 is 63.6 Å². The largest absolute Gasteiger partial charge is 0.507 e. The summed E-state index contributed by atoms with van der Waals surface area (Å²) in [6.07, 6.45) is 1.95. The highest BCUT2D eigenvalue weighted by Crippen LogP contribution is 2.66. The molecule has 9 nitrogen and oxygen atoms in total. The van der Waals surface area contributed by atoms with Crippen LogP contribution in [0, 0.1) is 24.7 Å². The van der Waals surface area contributed by atoms with E-state index in [1.807, 2.05) is 30.3 Å². The Labute approximate surface area is 273 Å². The Balaban J connectivity index is 1.19. The van der Waals surface area contributed by atoms with Crippen molar-refractivity contribution in [2.75, 3.05) is 11.9 Å². The number of likely N-dealkylation sites (tertiary alicyclic amines) is 1. The van der Waals surface area contributed by atoms with Crippen LogP contribution < -0.4 is 4.90 Å². The molecule has 1 N–H and O–H groups in total. The van der Waals surface area contributed by atoms with Crippen molar-refractivity contribution in [2.24, 2.45) is 17.8 Å². The Morgan fingerprint density at radius 3 is 2.39 bits per heavy atom. The number of amides is 4. The standard InChI is InChI=1S/C35H27Cl2N3O6/c1-17-6-5-7-22(28(17)41)27-20-14-15-21-26(23(20)16-34(36)32(44)39(2)33(45)35(27,34)37)31(43)40(30(21)42)19-12-10-18(11-13-19)29-38-24-8-3-4-9-25(24)46-29/h3-14,21,23,26-27,41H,15-16H2,1-2H3. The van der Waals surface area contributed by atoms with Crippen LogP contribution in [0.1, 0.15) is 29.9 Å². The highest BCUT2D eigenvalue weighted by atomic mass is 35.5. The van der Waals surface area contributed by atoms with Gasteiger partial charge in [-0.3, -0.25) is 29.0 Å². The number of para-hydroxylation sites is 3. The third kappa shape index (κ3) is 3.61. The van der Waals surface area contributed by atoms with Gasteiger partial charge in [-0.15, -0.1) is 23.2 Å². The third-order valence-electron chi connectivity index (χ3n) is 10.3. The summed E-state index contributed by atoms with van der Waals surface area (Å²) in [7, 11) is 1.34. The number of hydrogen-bond donors (Lipinski definition) is 1. The maximum atomic E-state index is 14.3. The van der Waals surface area contributed by atoms with E-state index in [2.05, 4.69) is 4.98 Å². The summed E-state index contributed by atoms with van der Waals surface area (Å²) in [5.41, 5.74) is 3.97. The Morgan fingerprint density at radius 2 is 1.65 bits per heavy atom. The van der Waals surface area contributed by atoms with Gasteiger partial charge in [-0.1, -0.05) is 42.0 Å². The number of anilines is 1. The van der Waals surface area contributed by atoms with E-state index in [1.54, 1.807) is 49.4 Å². The number of phenolic OH excluding ortho intramolecular Hbond substituents is 1. The first-order chi connectivity index (χ1) is 22.0. The molecule has 6 unspecified atom stereocenters. The van der Waals surface area contributed by atoms with Gasteiger partial charge in [-0.05, 0) is 67.6 Å². The molecule has 3 fully saturated rings. The first-order valence-corrected chi connectivity index (χ1v) is 15.8. The Kier molecular flexibility index (Phi) is 6.15. The van der Waals surface area contributed by atoms with Crippen molar-refractivity contribution in [1.29, 1.82) is 0 Å². The molecule has 232 valence electrons. The number of aromatic nitrogens is 1. The minimum atomic E-state index is -1.95. The molecule has 1 saturated carbocycles. The van der Waals surface area contributed by atoms with Crippen LogP contribution in [-0.2, 0) is 19.2 Å². The molecule has 1 aromatic heterocycles. The lowest BCUT2D eigenvalue weighted by molar-refractivity contribution is -0.138.